The monoisotopic (exact) mass is 338 g/mol. The van der Waals surface area contributed by atoms with Crippen molar-refractivity contribution in [3.8, 4) is 0 Å². The van der Waals surface area contributed by atoms with E-state index < -0.39 is 0 Å². The molecule has 0 aliphatic rings. The van der Waals surface area contributed by atoms with Crippen LogP contribution in [0.5, 0.6) is 0 Å². The van der Waals surface area contributed by atoms with Crippen LogP contribution in [0.4, 0.5) is 22.2 Å². The molecule has 122 valence electrons. The number of hydrogen-bond donors (Lipinski definition) is 2. The number of rotatable bonds is 5. The average molecular weight is 338 g/mol. The summed E-state index contributed by atoms with van der Waals surface area (Å²) >= 11 is 1.32. The van der Waals surface area contributed by atoms with Crippen molar-refractivity contribution in [2.24, 2.45) is 0 Å². The van der Waals surface area contributed by atoms with Gasteiger partial charge in [0.1, 0.15) is 4.88 Å². The number of nitrogens with one attached hydrogen (secondary N) is 2. The molecule has 2 aromatic carbocycles. The van der Waals surface area contributed by atoms with Gasteiger partial charge in [0.05, 0.1) is 6.20 Å². The van der Waals surface area contributed by atoms with Gasteiger partial charge in [0, 0.05) is 31.2 Å². The standard InChI is InChI=1S/C18H18N4OS/c1-22(2)15-10-6-9-14(11-15)21-18-19-12-16(24-18)17(23)20-13-7-4-3-5-8-13/h3-12H,1-2H3,(H,19,21)(H,20,23). The number of benzene rings is 2. The van der Waals surface area contributed by atoms with Crippen LogP contribution in [0.1, 0.15) is 9.67 Å². The van der Waals surface area contributed by atoms with E-state index in [0.717, 1.165) is 17.1 Å². The molecule has 3 aromatic rings. The fourth-order valence-electron chi connectivity index (χ4n) is 2.14. The zero-order chi connectivity index (χ0) is 16.9. The average Bonchev–Trinajstić information content (AvgIpc) is 3.04. The van der Waals surface area contributed by atoms with Crippen LogP contribution in [0, 0.1) is 0 Å². The number of anilines is 4. The van der Waals surface area contributed by atoms with Crippen molar-refractivity contribution in [3.05, 3.63) is 65.7 Å². The van der Waals surface area contributed by atoms with E-state index in [1.54, 1.807) is 6.20 Å². The minimum absolute atomic E-state index is 0.159. The highest BCUT2D eigenvalue weighted by atomic mass is 32.1. The van der Waals surface area contributed by atoms with E-state index in [-0.39, 0.29) is 5.91 Å². The fourth-order valence-corrected chi connectivity index (χ4v) is 2.87. The molecule has 24 heavy (non-hydrogen) atoms. The zero-order valence-electron chi connectivity index (χ0n) is 13.5. The SMILES string of the molecule is CN(C)c1cccc(Nc2ncc(C(=O)Nc3ccccc3)s2)c1. The van der Waals surface area contributed by atoms with E-state index in [1.165, 1.54) is 11.3 Å². The Hall–Kier alpha value is -2.86. The number of thiazole rings is 1. The number of para-hydroxylation sites is 1. The van der Waals surface area contributed by atoms with Crippen LogP contribution >= 0.6 is 11.3 Å². The van der Waals surface area contributed by atoms with Crippen molar-refractivity contribution in [1.29, 1.82) is 0 Å². The minimum atomic E-state index is -0.159. The van der Waals surface area contributed by atoms with Gasteiger partial charge in [0.2, 0.25) is 0 Å². The molecular weight excluding hydrogens is 320 g/mol. The van der Waals surface area contributed by atoms with E-state index in [2.05, 4.69) is 15.6 Å². The lowest BCUT2D eigenvalue weighted by molar-refractivity contribution is 0.103. The van der Waals surface area contributed by atoms with Gasteiger partial charge in [-0.1, -0.05) is 35.6 Å². The maximum atomic E-state index is 12.2. The van der Waals surface area contributed by atoms with Gasteiger partial charge >= 0.3 is 0 Å². The van der Waals surface area contributed by atoms with Gasteiger partial charge in [0.15, 0.2) is 5.13 Å². The summed E-state index contributed by atoms with van der Waals surface area (Å²) in [6, 6.07) is 17.4. The Bertz CT molecular complexity index is 830. The number of amides is 1. The molecule has 5 nitrogen and oxygen atoms in total. The molecule has 2 N–H and O–H groups in total. The lowest BCUT2D eigenvalue weighted by Gasteiger charge is -2.13. The molecule has 0 aliphatic heterocycles. The zero-order valence-corrected chi connectivity index (χ0v) is 14.3. The molecule has 0 unspecified atom stereocenters. The largest absolute Gasteiger partial charge is 0.378 e. The lowest BCUT2D eigenvalue weighted by atomic mass is 10.2. The molecule has 0 spiro atoms. The molecule has 1 heterocycles. The van der Waals surface area contributed by atoms with Crippen LogP contribution in [0.3, 0.4) is 0 Å². The van der Waals surface area contributed by atoms with Gasteiger partial charge in [-0.15, -0.1) is 0 Å². The van der Waals surface area contributed by atoms with Crippen molar-refractivity contribution < 1.29 is 4.79 Å². The van der Waals surface area contributed by atoms with E-state index in [4.69, 9.17) is 0 Å². The predicted octanol–water partition coefficient (Wildman–Crippen LogP) is 4.21. The van der Waals surface area contributed by atoms with Gasteiger partial charge in [-0.25, -0.2) is 4.98 Å². The summed E-state index contributed by atoms with van der Waals surface area (Å²) in [7, 11) is 3.99. The van der Waals surface area contributed by atoms with Crippen LogP contribution in [-0.2, 0) is 0 Å². The van der Waals surface area contributed by atoms with Crippen molar-refractivity contribution in [2.75, 3.05) is 29.6 Å². The molecular formula is C18H18N4OS. The number of aromatic nitrogens is 1. The van der Waals surface area contributed by atoms with Gasteiger partial charge < -0.3 is 15.5 Å². The van der Waals surface area contributed by atoms with Crippen molar-refractivity contribution in [3.63, 3.8) is 0 Å². The third kappa shape index (κ3) is 3.91. The predicted molar refractivity (Wildman–Crippen MR) is 101 cm³/mol. The Morgan fingerprint density at radius 1 is 1.04 bits per heavy atom. The molecule has 6 heteroatoms. The first kappa shape index (κ1) is 16.0. The Morgan fingerprint density at radius 3 is 2.54 bits per heavy atom. The summed E-state index contributed by atoms with van der Waals surface area (Å²) in [5.74, 6) is -0.159. The quantitative estimate of drug-likeness (QED) is 0.732. The molecule has 1 amide bonds. The molecule has 0 aliphatic carbocycles. The molecule has 0 fully saturated rings. The highest BCUT2D eigenvalue weighted by molar-refractivity contribution is 7.17. The molecule has 0 atom stereocenters. The summed E-state index contributed by atoms with van der Waals surface area (Å²) < 4.78 is 0. The summed E-state index contributed by atoms with van der Waals surface area (Å²) in [5, 5.41) is 6.78. The summed E-state index contributed by atoms with van der Waals surface area (Å²) in [4.78, 5) is 19.1. The normalized spacial score (nSPS) is 10.2. The topological polar surface area (TPSA) is 57.3 Å². The fraction of sp³-hybridized carbons (Fsp3) is 0.111. The summed E-state index contributed by atoms with van der Waals surface area (Å²) in [6.07, 6.45) is 1.58. The van der Waals surface area contributed by atoms with Crippen molar-refractivity contribution >= 4 is 39.4 Å². The summed E-state index contributed by atoms with van der Waals surface area (Å²) in [5.41, 5.74) is 2.80. The molecule has 1 aromatic heterocycles. The first-order valence-corrected chi connectivity index (χ1v) is 8.30. The molecule has 3 rings (SSSR count). The van der Waals surface area contributed by atoms with Gasteiger partial charge in [-0.3, -0.25) is 4.79 Å². The Balaban J connectivity index is 1.69. The van der Waals surface area contributed by atoms with Gasteiger partial charge in [-0.2, -0.15) is 0 Å². The second kappa shape index (κ2) is 7.14. The smallest absolute Gasteiger partial charge is 0.267 e. The van der Waals surface area contributed by atoms with E-state index in [9.17, 15) is 4.79 Å². The van der Waals surface area contributed by atoms with Crippen LogP contribution in [0.25, 0.3) is 0 Å². The number of nitrogens with zero attached hydrogens (tertiary/aromatic N) is 2. The lowest BCUT2D eigenvalue weighted by Crippen LogP contribution is -2.09. The second-order valence-electron chi connectivity index (χ2n) is 5.42. The number of carbonyl (C=O) groups is 1. The van der Waals surface area contributed by atoms with E-state index >= 15 is 0 Å². The Morgan fingerprint density at radius 2 is 1.79 bits per heavy atom. The third-order valence-electron chi connectivity index (χ3n) is 3.37. The maximum Gasteiger partial charge on any atom is 0.267 e. The molecule has 0 saturated heterocycles. The second-order valence-corrected chi connectivity index (χ2v) is 6.45. The van der Waals surface area contributed by atoms with Crippen LogP contribution in [-0.4, -0.2) is 25.0 Å². The first-order chi connectivity index (χ1) is 11.6. The third-order valence-corrected chi connectivity index (χ3v) is 4.29. The Kier molecular flexibility index (Phi) is 4.77. The number of hydrogen-bond acceptors (Lipinski definition) is 5. The van der Waals surface area contributed by atoms with Gasteiger partial charge in [-0.05, 0) is 30.3 Å². The van der Waals surface area contributed by atoms with E-state index in [1.807, 2.05) is 73.6 Å². The van der Waals surface area contributed by atoms with Crippen molar-refractivity contribution in [2.45, 2.75) is 0 Å². The number of carbonyl (C=O) groups excluding carboxylic acids is 1. The van der Waals surface area contributed by atoms with E-state index in [0.29, 0.717) is 10.0 Å². The highest BCUT2D eigenvalue weighted by Crippen LogP contribution is 2.25. The Labute approximate surface area is 145 Å². The molecule has 0 bridgehead atoms. The molecule has 0 radical (unpaired) electrons. The first-order valence-electron chi connectivity index (χ1n) is 7.48. The van der Waals surface area contributed by atoms with Gasteiger partial charge in [0.25, 0.3) is 5.91 Å². The van der Waals surface area contributed by atoms with Crippen molar-refractivity contribution in [1.82, 2.24) is 4.98 Å². The van der Waals surface area contributed by atoms with Crippen LogP contribution < -0.4 is 15.5 Å². The molecule has 0 saturated carbocycles. The summed E-state index contributed by atoms with van der Waals surface area (Å²) in [6.45, 7) is 0. The highest BCUT2D eigenvalue weighted by Gasteiger charge is 2.11. The minimum Gasteiger partial charge on any atom is -0.378 e. The van der Waals surface area contributed by atoms with Crippen LogP contribution in [0.15, 0.2) is 60.8 Å². The maximum absolute atomic E-state index is 12.2. The van der Waals surface area contributed by atoms with Crippen LogP contribution in [0.2, 0.25) is 0 Å².